The summed E-state index contributed by atoms with van der Waals surface area (Å²) in [5.74, 6) is 0. The normalized spacial score (nSPS) is 11.3. The van der Waals surface area contributed by atoms with E-state index in [-0.39, 0.29) is 0 Å². The summed E-state index contributed by atoms with van der Waals surface area (Å²) in [6.45, 7) is 0. The first-order valence-corrected chi connectivity index (χ1v) is 9.68. The second-order valence-corrected chi connectivity index (χ2v) is 7.05. The summed E-state index contributed by atoms with van der Waals surface area (Å²) in [5, 5.41) is 3.16. The SMILES string of the molecule is c1ccc2c(-c3cccc4ncnc(-c5cnc6ccccc6n5)c34)nccc2c1. The number of hydrogen-bond donors (Lipinski definition) is 0. The van der Waals surface area contributed by atoms with Gasteiger partial charge in [-0.3, -0.25) is 9.97 Å². The topological polar surface area (TPSA) is 64.5 Å². The summed E-state index contributed by atoms with van der Waals surface area (Å²) < 4.78 is 0. The molecular weight excluding hydrogens is 370 g/mol. The highest BCUT2D eigenvalue weighted by Crippen LogP contribution is 2.35. The molecule has 0 aliphatic carbocycles. The lowest BCUT2D eigenvalue weighted by Crippen LogP contribution is -1.96. The van der Waals surface area contributed by atoms with Gasteiger partial charge in [0.05, 0.1) is 28.4 Å². The van der Waals surface area contributed by atoms with Gasteiger partial charge in [-0.15, -0.1) is 0 Å². The predicted molar refractivity (Wildman–Crippen MR) is 119 cm³/mol. The van der Waals surface area contributed by atoms with Gasteiger partial charge in [-0.25, -0.2) is 15.0 Å². The van der Waals surface area contributed by atoms with Crippen LogP contribution in [0.4, 0.5) is 0 Å². The highest BCUT2D eigenvalue weighted by Gasteiger charge is 2.16. The second kappa shape index (κ2) is 6.67. The van der Waals surface area contributed by atoms with Crippen molar-refractivity contribution < 1.29 is 0 Å². The zero-order valence-corrected chi connectivity index (χ0v) is 15.9. The van der Waals surface area contributed by atoms with Gasteiger partial charge >= 0.3 is 0 Å². The highest BCUT2D eigenvalue weighted by atomic mass is 14.9. The lowest BCUT2D eigenvalue weighted by molar-refractivity contribution is 1.19. The van der Waals surface area contributed by atoms with E-state index in [1.165, 1.54) is 0 Å². The molecule has 0 atom stereocenters. The molecule has 0 spiro atoms. The summed E-state index contributed by atoms with van der Waals surface area (Å²) in [6, 6.07) is 24.2. The molecule has 0 amide bonds. The van der Waals surface area contributed by atoms with E-state index in [2.05, 4.69) is 33.2 Å². The Morgan fingerprint density at radius 2 is 1.40 bits per heavy atom. The van der Waals surface area contributed by atoms with Gasteiger partial charge in [-0.1, -0.05) is 48.5 Å². The van der Waals surface area contributed by atoms with Crippen LogP contribution in [0.15, 0.2) is 91.5 Å². The Morgan fingerprint density at radius 3 is 2.37 bits per heavy atom. The number of pyridine rings is 1. The van der Waals surface area contributed by atoms with Crippen molar-refractivity contribution in [3.05, 3.63) is 91.5 Å². The Kier molecular flexibility index (Phi) is 3.71. The van der Waals surface area contributed by atoms with Crippen molar-refractivity contribution in [2.75, 3.05) is 0 Å². The van der Waals surface area contributed by atoms with Gasteiger partial charge in [-0.2, -0.15) is 0 Å². The lowest BCUT2D eigenvalue weighted by Gasteiger charge is -2.12. The third-order valence-electron chi connectivity index (χ3n) is 5.28. The van der Waals surface area contributed by atoms with Gasteiger partial charge in [0.1, 0.15) is 17.7 Å². The van der Waals surface area contributed by atoms with E-state index in [0.29, 0.717) is 5.69 Å². The molecule has 0 unspecified atom stereocenters. The molecule has 0 fully saturated rings. The van der Waals surface area contributed by atoms with Gasteiger partial charge in [0.2, 0.25) is 0 Å². The molecule has 3 heterocycles. The molecule has 5 heteroatoms. The van der Waals surface area contributed by atoms with Gasteiger partial charge in [0, 0.05) is 22.5 Å². The van der Waals surface area contributed by atoms with Crippen molar-refractivity contribution in [3.63, 3.8) is 0 Å². The molecule has 6 rings (SSSR count). The van der Waals surface area contributed by atoms with Crippen LogP contribution in [0.25, 0.3) is 55.4 Å². The number of rotatable bonds is 2. The first-order chi connectivity index (χ1) is 14.9. The van der Waals surface area contributed by atoms with Gasteiger partial charge in [0.25, 0.3) is 0 Å². The monoisotopic (exact) mass is 385 g/mol. The summed E-state index contributed by atoms with van der Waals surface area (Å²) in [6.07, 6.45) is 5.20. The van der Waals surface area contributed by atoms with Crippen molar-refractivity contribution >= 4 is 32.7 Å². The Hall–Kier alpha value is -4.25. The van der Waals surface area contributed by atoms with Crippen LogP contribution in [-0.2, 0) is 0 Å². The first-order valence-electron chi connectivity index (χ1n) is 9.68. The quantitative estimate of drug-likeness (QED) is 0.396. The van der Waals surface area contributed by atoms with E-state index in [0.717, 1.165) is 49.7 Å². The van der Waals surface area contributed by atoms with E-state index in [1.807, 2.05) is 60.8 Å². The van der Waals surface area contributed by atoms with Crippen molar-refractivity contribution in [3.8, 4) is 22.6 Å². The van der Waals surface area contributed by atoms with Crippen LogP contribution in [0, 0.1) is 0 Å². The smallest absolute Gasteiger partial charge is 0.116 e. The average molecular weight is 385 g/mol. The molecule has 3 aromatic carbocycles. The molecular formula is C25H15N5. The number of fused-ring (bicyclic) bond motifs is 3. The molecule has 0 aliphatic heterocycles. The fraction of sp³-hybridized carbons (Fsp3) is 0. The van der Waals surface area contributed by atoms with Crippen LogP contribution in [-0.4, -0.2) is 24.9 Å². The zero-order valence-electron chi connectivity index (χ0n) is 15.9. The van der Waals surface area contributed by atoms with E-state index in [1.54, 1.807) is 12.5 Å². The number of para-hydroxylation sites is 2. The Bertz CT molecular complexity index is 1550. The summed E-state index contributed by atoms with van der Waals surface area (Å²) in [4.78, 5) is 23.2. The fourth-order valence-electron chi connectivity index (χ4n) is 3.91. The maximum Gasteiger partial charge on any atom is 0.116 e. The van der Waals surface area contributed by atoms with Crippen LogP contribution in [0.1, 0.15) is 0 Å². The molecule has 0 saturated carbocycles. The number of aromatic nitrogens is 5. The standard InChI is InChI=1S/C25H15N5/c1-2-7-17-16(6-1)12-13-26-24(17)18-8-5-11-21-23(18)25(29-15-28-21)22-14-27-19-9-3-4-10-20(19)30-22/h1-15H. The minimum Gasteiger partial charge on any atom is -0.256 e. The maximum atomic E-state index is 4.82. The molecule has 0 N–H and O–H groups in total. The molecule has 0 radical (unpaired) electrons. The van der Waals surface area contributed by atoms with E-state index >= 15 is 0 Å². The Balaban J connectivity index is 1.69. The summed E-state index contributed by atoms with van der Waals surface area (Å²) in [5.41, 5.74) is 5.90. The van der Waals surface area contributed by atoms with Crippen LogP contribution in [0.3, 0.4) is 0 Å². The minimum absolute atomic E-state index is 0.716. The minimum atomic E-state index is 0.716. The lowest BCUT2D eigenvalue weighted by atomic mass is 9.98. The molecule has 140 valence electrons. The third kappa shape index (κ3) is 2.60. The van der Waals surface area contributed by atoms with Crippen LogP contribution in [0.5, 0.6) is 0 Å². The van der Waals surface area contributed by atoms with Crippen LogP contribution < -0.4 is 0 Å². The Morgan fingerprint density at radius 1 is 0.567 bits per heavy atom. The molecule has 30 heavy (non-hydrogen) atoms. The number of nitrogens with zero attached hydrogens (tertiary/aromatic N) is 5. The first kappa shape index (κ1) is 16.7. The van der Waals surface area contributed by atoms with Crippen molar-refractivity contribution in [2.45, 2.75) is 0 Å². The zero-order chi connectivity index (χ0) is 19.9. The highest BCUT2D eigenvalue weighted by molar-refractivity contribution is 6.07. The third-order valence-corrected chi connectivity index (χ3v) is 5.28. The maximum absolute atomic E-state index is 4.82. The fourth-order valence-corrected chi connectivity index (χ4v) is 3.91. The molecule has 5 nitrogen and oxygen atoms in total. The average Bonchev–Trinajstić information content (AvgIpc) is 2.82. The molecule has 0 aliphatic rings. The van der Waals surface area contributed by atoms with Gasteiger partial charge < -0.3 is 0 Å². The van der Waals surface area contributed by atoms with E-state index < -0.39 is 0 Å². The predicted octanol–water partition coefficient (Wildman–Crippen LogP) is 5.46. The number of hydrogen-bond acceptors (Lipinski definition) is 5. The van der Waals surface area contributed by atoms with Gasteiger partial charge in [0.15, 0.2) is 0 Å². The molecule has 3 aromatic heterocycles. The van der Waals surface area contributed by atoms with Gasteiger partial charge in [-0.05, 0) is 29.7 Å². The van der Waals surface area contributed by atoms with Crippen LogP contribution in [0.2, 0.25) is 0 Å². The van der Waals surface area contributed by atoms with E-state index in [9.17, 15) is 0 Å². The largest absolute Gasteiger partial charge is 0.256 e. The molecule has 0 saturated heterocycles. The van der Waals surface area contributed by atoms with Crippen molar-refractivity contribution in [2.24, 2.45) is 0 Å². The van der Waals surface area contributed by atoms with E-state index in [4.69, 9.17) is 9.97 Å². The number of benzene rings is 3. The summed E-state index contributed by atoms with van der Waals surface area (Å²) in [7, 11) is 0. The Labute approximate surface area is 172 Å². The second-order valence-electron chi connectivity index (χ2n) is 7.05. The van der Waals surface area contributed by atoms with Crippen molar-refractivity contribution in [1.82, 2.24) is 24.9 Å². The molecule has 6 aromatic rings. The molecule has 0 bridgehead atoms. The van der Waals surface area contributed by atoms with Crippen LogP contribution >= 0.6 is 0 Å². The van der Waals surface area contributed by atoms with Crippen molar-refractivity contribution in [1.29, 1.82) is 0 Å². The summed E-state index contributed by atoms with van der Waals surface area (Å²) >= 11 is 0.